The number of aliphatic hydroxyl groups is 1. The summed E-state index contributed by atoms with van der Waals surface area (Å²) in [5, 5.41) is 12.6. The van der Waals surface area contributed by atoms with Crippen molar-refractivity contribution in [1.82, 2.24) is 19.6 Å². The van der Waals surface area contributed by atoms with E-state index < -0.39 is 0 Å². The van der Waals surface area contributed by atoms with E-state index in [4.69, 9.17) is 10.8 Å². The summed E-state index contributed by atoms with van der Waals surface area (Å²) in [5.41, 5.74) is 6.08. The standard InChI is InChI=1S/C6H7N5O/c7-5-1-4(2-12)10-6-8-3-9-11(5)6/h1,3,12H,2,7H2. The van der Waals surface area contributed by atoms with E-state index in [1.54, 1.807) is 6.07 Å². The summed E-state index contributed by atoms with van der Waals surface area (Å²) >= 11 is 0. The summed E-state index contributed by atoms with van der Waals surface area (Å²) in [6, 6.07) is 1.56. The Hall–Kier alpha value is -1.69. The minimum Gasteiger partial charge on any atom is -0.390 e. The second kappa shape index (κ2) is 2.42. The third-order valence-electron chi connectivity index (χ3n) is 1.49. The molecule has 0 fully saturated rings. The molecule has 2 aromatic heterocycles. The van der Waals surface area contributed by atoms with E-state index in [-0.39, 0.29) is 6.61 Å². The van der Waals surface area contributed by atoms with Gasteiger partial charge in [-0.05, 0) is 0 Å². The first-order chi connectivity index (χ1) is 5.81. The van der Waals surface area contributed by atoms with Crippen LogP contribution in [-0.2, 0) is 6.61 Å². The van der Waals surface area contributed by atoms with Crippen LogP contribution in [0.3, 0.4) is 0 Å². The molecule has 2 aromatic rings. The van der Waals surface area contributed by atoms with Gasteiger partial charge in [-0.2, -0.15) is 14.6 Å². The smallest absolute Gasteiger partial charge is 0.254 e. The maximum atomic E-state index is 8.78. The zero-order valence-corrected chi connectivity index (χ0v) is 6.18. The molecule has 0 saturated heterocycles. The van der Waals surface area contributed by atoms with Gasteiger partial charge in [0.05, 0.1) is 12.3 Å². The Labute approximate surface area is 67.7 Å². The molecule has 0 aliphatic heterocycles. The lowest BCUT2D eigenvalue weighted by Crippen LogP contribution is -2.03. The highest BCUT2D eigenvalue weighted by Crippen LogP contribution is 2.05. The lowest BCUT2D eigenvalue weighted by atomic mass is 10.4. The Balaban J connectivity index is 2.75. The van der Waals surface area contributed by atoms with Crippen molar-refractivity contribution in [2.75, 3.05) is 5.73 Å². The monoisotopic (exact) mass is 165 g/mol. The maximum Gasteiger partial charge on any atom is 0.254 e. The van der Waals surface area contributed by atoms with Crippen LogP contribution in [0.5, 0.6) is 0 Å². The highest BCUT2D eigenvalue weighted by atomic mass is 16.3. The number of hydrogen-bond acceptors (Lipinski definition) is 5. The number of nitrogen functional groups attached to an aromatic ring is 1. The highest BCUT2D eigenvalue weighted by Gasteiger charge is 2.02. The van der Waals surface area contributed by atoms with Crippen molar-refractivity contribution in [1.29, 1.82) is 0 Å². The molecule has 12 heavy (non-hydrogen) atoms. The average molecular weight is 165 g/mol. The molecular weight excluding hydrogens is 158 g/mol. The van der Waals surface area contributed by atoms with Gasteiger partial charge in [-0.15, -0.1) is 0 Å². The molecule has 0 amide bonds. The van der Waals surface area contributed by atoms with E-state index in [9.17, 15) is 0 Å². The lowest BCUT2D eigenvalue weighted by molar-refractivity contribution is 0.277. The van der Waals surface area contributed by atoms with E-state index in [1.165, 1.54) is 10.8 Å². The van der Waals surface area contributed by atoms with E-state index >= 15 is 0 Å². The lowest BCUT2D eigenvalue weighted by Gasteiger charge is -1.99. The van der Waals surface area contributed by atoms with Crippen molar-refractivity contribution in [3.8, 4) is 0 Å². The second-order valence-electron chi connectivity index (χ2n) is 2.30. The maximum absolute atomic E-state index is 8.78. The van der Waals surface area contributed by atoms with Gasteiger partial charge in [0.2, 0.25) is 0 Å². The molecule has 0 spiro atoms. The average Bonchev–Trinajstić information content (AvgIpc) is 2.52. The van der Waals surface area contributed by atoms with Gasteiger partial charge in [0.1, 0.15) is 12.1 Å². The third-order valence-corrected chi connectivity index (χ3v) is 1.49. The predicted molar refractivity (Wildman–Crippen MR) is 41.1 cm³/mol. The molecule has 0 aromatic carbocycles. The highest BCUT2D eigenvalue weighted by molar-refractivity contribution is 5.40. The normalized spacial score (nSPS) is 10.8. The molecule has 2 rings (SSSR count). The molecule has 0 atom stereocenters. The Morgan fingerprint density at radius 1 is 1.58 bits per heavy atom. The van der Waals surface area contributed by atoms with Crippen molar-refractivity contribution < 1.29 is 5.11 Å². The van der Waals surface area contributed by atoms with Gasteiger partial charge in [-0.25, -0.2) is 4.98 Å². The van der Waals surface area contributed by atoms with Crippen LogP contribution in [0.1, 0.15) is 5.69 Å². The van der Waals surface area contributed by atoms with Gasteiger partial charge in [0, 0.05) is 6.07 Å². The fourth-order valence-corrected chi connectivity index (χ4v) is 0.967. The number of anilines is 1. The minimum atomic E-state index is -0.145. The first-order valence-electron chi connectivity index (χ1n) is 3.37. The third kappa shape index (κ3) is 0.892. The van der Waals surface area contributed by atoms with Gasteiger partial charge >= 0.3 is 0 Å². The Bertz CT molecular complexity index is 409. The molecule has 0 saturated carbocycles. The first kappa shape index (κ1) is 6.99. The van der Waals surface area contributed by atoms with Crippen LogP contribution in [0.2, 0.25) is 0 Å². The molecule has 6 heteroatoms. The fraction of sp³-hybridized carbons (Fsp3) is 0.167. The summed E-state index contributed by atoms with van der Waals surface area (Å²) in [5.74, 6) is 0.820. The SMILES string of the molecule is Nc1cc(CO)nc2ncnn12. The van der Waals surface area contributed by atoms with Crippen molar-refractivity contribution in [2.24, 2.45) is 0 Å². The molecule has 3 N–H and O–H groups in total. The zero-order chi connectivity index (χ0) is 8.55. The quantitative estimate of drug-likeness (QED) is 0.577. The Kier molecular flexibility index (Phi) is 1.41. The van der Waals surface area contributed by atoms with Gasteiger partial charge < -0.3 is 10.8 Å². The number of nitrogens with zero attached hydrogens (tertiary/aromatic N) is 4. The summed E-state index contributed by atoms with van der Waals surface area (Å²) in [4.78, 5) is 7.81. The topological polar surface area (TPSA) is 89.3 Å². The van der Waals surface area contributed by atoms with Crippen LogP contribution in [0.25, 0.3) is 5.78 Å². The number of hydrogen-bond donors (Lipinski definition) is 2. The molecule has 0 bridgehead atoms. The Morgan fingerprint density at radius 2 is 2.42 bits per heavy atom. The van der Waals surface area contributed by atoms with Crippen LogP contribution in [0.15, 0.2) is 12.4 Å². The molecule has 0 radical (unpaired) electrons. The molecule has 0 unspecified atom stereocenters. The molecule has 0 aliphatic rings. The van der Waals surface area contributed by atoms with Crippen LogP contribution in [0, 0.1) is 0 Å². The summed E-state index contributed by atoms with van der Waals surface area (Å²) in [7, 11) is 0. The van der Waals surface area contributed by atoms with Crippen LogP contribution in [0.4, 0.5) is 5.82 Å². The predicted octanol–water partition coefficient (Wildman–Crippen LogP) is -0.801. The summed E-state index contributed by atoms with van der Waals surface area (Å²) < 4.78 is 1.40. The number of fused-ring (bicyclic) bond motifs is 1. The van der Waals surface area contributed by atoms with Crippen molar-refractivity contribution in [2.45, 2.75) is 6.61 Å². The van der Waals surface area contributed by atoms with Crippen LogP contribution >= 0.6 is 0 Å². The zero-order valence-electron chi connectivity index (χ0n) is 6.18. The number of aliphatic hydroxyl groups excluding tert-OH is 1. The van der Waals surface area contributed by atoms with E-state index in [1.807, 2.05) is 0 Å². The van der Waals surface area contributed by atoms with Gasteiger partial charge in [-0.1, -0.05) is 0 Å². The fourth-order valence-electron chi connectivity index (χ4n) is 0.967. The largest absolute Gasteiger partial charge is 0.390 e. The van der Waals surface area contributed by atoms with Crippen LogP contribution < -0.4 is 5.73 Å². The number of aromatic nitrogens is 4. The van der Waals surface area contributed by atoms with Crippen LogP contribution in [-0.4, -0.2) is 24.7 Å². The van der Waals surface area contributed by atoms with E-state index in [2.05, 4.69) is 15.1 Å². The second-order valence-corrected chi connectivity index (χ2v) is 2.30. The molecule has 0 aliphatic carbocycles. The van der Waals surface area contributed by atoms with Gasteiger partial charge in [0.15, 0.2) is 0 Å². The summed E-state index contributed by atoms with van der Waals surface area (Å²) in [6.07, 6.45) is 1.36. The number of rotatable bonds is 1. The van der Waals surface area contributed by atoms with Crippen molar-refractivity contribution in [3.05, 3.63) is 18.1 Å². The van der Waals surface area contributed by atoms with Gasteiger partial charge in [-0.3, -0.25) is 0 Å². The summed E-state index contributed by atoms with van der Waals surface area (Å²) in [6.45, 7) is -0.145. The Morgan fingerprint density at radius 3 is 3.17 bits per heavy atom. The van der Waals surface area contributed by atoms with Crippen molar-refractivity contribution in [3.63, 3.8) is 0 Å². The van der Waals surface area contributed by atoms with E-state index in [0.717, 1.165) is 0 Å². The molecule has 6 nitrogen and oxygen atoms in total. The minimum absolute atomic E-state index is 0.145. The van der Waals surface area contributed by atoms with Crippen molar-refractivity contribution >= 4 is 11.6 Å². The molecule has 2 heterocycles. The van der Waals surface area contributed by atoms with E-state index in [0.29, 0.717) is 17.3 Å². The first-order valence-corrected chi connectivity index (χ1v) is 3.37. The molecule has 62 valence electrons. The molecular formula is C6H7N5O. The number of nitrogens with two attached hydrogens (primary N) is 1. The van der Waals surface area contributed by atoms with Gasteiger partial charge in [0.25, 0.3) is 5.78 Å².